The summed E-state index contributed by atoms with van der Waals surface area (Å²) in [6.45, 7) is 2.93. The Morgan fingerprint density at radius 2 is 1.75 bits per heavy atom. The topological polar surface area (TPSA) is 40.6 Å². The Kier molecular flexibility index (Phi) is 7.09. The summed E-state index contributed by atoms with van der Waals surface area (Å²) in [6, 6.07) is 14.0. The zero-order valence-electron chi connectivity index (χ0n) is 16.5. The number of ether oxygens (including phenoxy) is 3. The fraction of sp³-hybridized carbons (Fsp3) is 0.261. The Labute approximate surface area is 170 Å². The molecule has 0 saturated carbocycles. The third kappa shape index (κ3) is 5.14. The maximum Gasteiger partial charge on any atom is 0.161 e. The Balaban J connectivity index is 1.67. The van der Waals surface area contributed by atoms with Crippen molar-refractivity contribution in [3.63, 3.8) is 0 Å². The molecule has 0 radical (unpaired) electrons. The van der Waals surface area contributed by atoms with Gasteiger partial charge in [-0.2, -0.15) is 0 Å². The lowest BCUT2D eigenvalue weighted by Gasteiger charge is -2.08. The molecule has 0 bridgehead atoms. The molecule has 0 N–H and O–H groups in total. The van der Waals surface area contributed by atoms with Crippen molar-refractivity contribution in [2.45, 2.75) is 19.8 Å². The molecule has 2 aromatic carbocycles. The number of methoxy groups -OCH3 is 2. The summed E-state index contributed by atoms with van der Waals surface area (Å²) in [5.41, 5.74) is 3.04. The smallest absolute Gasteiger partial charge is 0.161 e. The largest absolute Gasteiger partial charge is 0.494 e. The molecule has 0 spiro atoms. The van der Waals surface area contributed by atoms with Crippen molar-refractivity contribution in [3.8, 4) is 28.5 Å². The highest BCUT2D eigenvalue weighted by Gasteiger charge is 2.08. The van der Waals surface area contributed by atoms with Gasteiger partial charge >= 0.3 is 0 Å². The van der Waals surface area contributed by atoms with Crippen LogP contribution in [0.4, 0.5) is 0 Å². The minimum absolute atomic E-state index is 0.700. The van der Waals surface area contributed by atoms with Gasteiger partial charge in [-0.1, -0.05) is 31.6 Å². The van der Waals surface area contributed by atoms with E-state index in [9.17, 15) is 0 Å². The zero-order chi connectivity index (χ0) is 19.8. The average Bonchev–Trinajstić information content (AvgIpc) is 3.22. The molecule has 0 aliphatic carbocycles. The van der Waals surface area contributed by atoms with Crippen LogP contribution in [0, 0.1) is 0 Å². The predicted octanol–water partition coefficient (Wildman–Crippen LogP) is 6.18. The normalized spacial score (nSPS) is 11.0. The number of aromatic nitrogens is 1. The zero-order valence-corrected chi connectivity index (χ0v) is 17.3. The highest BCUT2D eigenvalue weighted by molar-refractivity contribution is 7.10. The van der Waals surface area contributed by atoms with Crippen molar-refractivity contribution in [2.75, 3.05) is 20.8 Å². The van der Waals surface area contributed by atoms with Crippen molar-refractivity contribution >= 4 is 23.5 Å². The number of hydrogen-bond acceptors (Lipinski definition) is 5. The molecule has 1 aromatic heterocycles. The molecule has 0 aliphatic rings. The Hall–Kier alpha value is -2.79. The molecule has 5 heteroatoms. The molecule has 0 unspecified atom stereocenters. The Morgan fingerprint density at radius 3 is 2.46 bits per heavy atom. The molecule has 3 rings (SSSR count). The number of unbranched alkanes of at least 4 members (excludes halogenated alkanes) is 1. The molecular weight excluding hydrogens is 370 g/mol. The van der Waals surface area contributed by atoms with Gasteiger partial charge in [0.1, 0.15) is 10.8 Å². The second-order valence-corrected chi connectivity index (χ2v) is 7.13. The van der Waals surface area contributed by atoms with Gasteiger partial charge in [0.15, 0.2) is 11.5 Å². The third-order valence-corrected chi connectivity index (χ3v) is 5.08. The molecule has 146 valence electrons. The van der Waals surface area contributed by atoms with Crippen LogP contribution >= 0.6 is 11.3 Å². The fourth-order valence-electron chi connectivity index (χ4n) is 2.67. The van der Waals surface area contributed by atoms with Crippen molar-refractivity contribution in [2.24, 2.45) is 0 Å². The molecule has 28 heavy (non-hydrogen) atoms. The standard InChI is InChI=1S/C23H25NO3S/c1-4-5-14-27-19-10-6-17(7-11-19)8-13-23-24-20(16-28-23)18-9-12-21(25-2)22(15-18)26-3/h6-13,15-16H,4-5,14H2,1-3H3. The summed E-state index contributed by atoms with van der Waals surface area (Å²) in [5.74, 6) is 2.32. The van der Waals surface area contributed by atoms with Crippen LogP contribution in [0.3, 0.4) is 0 Å². The van der Waals surface area contributed by atoms with Crippen LogP contribution in [0.1, 0.15) is 30.3 Å². The van der Waals surface area contributed by atoms with E-state index in [1.807, 2.05) is 41.8 Å². The molecule has 0 amide bonds. The SMILES string of the molecule is CCCCOc1ccc(C=Cc2nc(-c3ccc(OC)c(OC)c3)cs2)cc1. The molecule has 3 aromatic rings. The van der Waals surface area contributed by atoms with Gasteiger partial charge in [-0.05, 0) is 48.4 Å². The van der Waals surface area contributed by atoms with Gasteiger partial charge in [0.05, 0.1) is 26.5 Å². The van der Waals surface area contributed by atoms with Crippen LogP contribution in [0.2, 0.25) is 0 Å². The summed E-state index contributed by atoms with van der Waals surface area (Å²) >= 11 is 1.61. The summed E-state index contributed by atoms with van der Waals surface area (Å²) < 4.78 is 16.4. The molecule has 0 fully saturated rings. The fourth-order valence-corrected chi connectivity index (χ4v) is 3.39. The van der Waals surface area contributed by atoms with E-state index in [-0.39, 0.29) is 0 Å². The van der Waals surface area contributed by atoms with Crippen LogP contribution < -0.4 is 14.2 Å². The second kappa shape index (κ2) is 9.95. The van der Waals surface area contributed by atoms with Gasteiger partial charge in [0.2, 0.25) is 0 Å². The average molecular weight is 396 g/mol. The van der Waals surface area contributed by atoms with E-state index in [4.69, 9.17) is 19.2 Å². The first kappa shape index (κ1) is 20.0. The minimum Gasteiger partial charge on any atom is -0.494 e. The lowest BCUT2D eigenvalue weighted by Crippen LogP contribution is -1.95. The van der Waals surface area contributed by atoms with Crippen molar-refractivity contribution in [1.82, 2.24) is 4.98 Å². The molecule has 0 saturated heterocycles. The van der Waals surface area contributed by atoms with Gasteiger partial charge in [0.25, 0.3) is 0 Å². The highest BCUT2D eigenvalue weighted by Crippen LogP contribution is 2.33. The first-order valence-corrected chi connectivity index (χ1v) is 10.2. The van der Waals surface area contributed by atoms with Crippen LogP contribution in [-0.4, -0.2) is 25.8 Å². The number of nitrogens with zero attached hydrogens (tertiary/aromatic N) is 1. The van der Waals surface area contributed by atoms with Crippen LogP contribution in [0.5, 0.6) is 17.2 Å². The Bertz CT molecular complexity index is 916. The number of rotatable bonds is 9. The maximum atomic E-state index is 5.70. The number of thiazole rings is 1. The molecule has 4 nitrogen and oxygen atoms in total. The number of benzene rings is 2. The van der Waals surface area contributed by atoms with Crippen LogP contribution in [0.25, 0.3) is 23.4 Å². The van der Waals surface area contributed by atoms with Crippen molar-refractivity contribution < 1.29 is 14.2 Å². The summed E-state index contributed by atoms with van der Waals surface area (Å²) in [6.07, 6.45) is 6.31. The van der Waals surface area contributed by atoms with Gasteiger partial charge in [0, 0.05) is 10.9 Å². The van der Waals surface area contributed by atoms with Gasteiger partial charge in [-0.15, -0.1) is 11.3 Å². The summed E-state index contributed by atoms with van der Waals surface area (Å²) in [5, 5.41) is 3.00. The quantitative estimate of drug-likeness (QED) is 0.406. The van der Waals surface area contributed by atoms with Crippen LogP contribution in [0.15, 0.2) is 47.8 Å². The predicted molar refractivity (Wildman–Crippen MR) is 116 cm³/mol. The molecule has 1 heterocycles. The lowest BCUT2D eigenvalue weighted by atomic mass is 10.1. The first-order valence-electron chi connectivity index (χ1n) is 9.32. The van der Waals surface area contributed by atoms with Gasteiger partial charge in [-0.3, -0.25) is 0 Å². The van der Waals surface area contributed by atoms with Crippen molar-refractivity contribution in [1.29, 1.82) is 0 Å². The minimum atomic E-state index is 0.700. The molecular formula is C23H25NO3S. The maximum absolute atomic E-state index is 5.70. The molecule has 0 atom stereocenters. The van der Waals surface area contributed by atoms with Gasteiger partial charge in [-0.25, -0.2) is 4.98 Å². The first-order chi connectivity index (χ1) is 13.7. The van der Waals surface area contributed by atoms with E-state index in [0.29, 0.717) is 11.5 Å². The van der Waals surface area contributed by atoms with E-state index in [1.54, 1.807) is 25.6 Å². The van der Waals surface area contributed by atoms with Crippen LogP contribution in [-0.2, 0) is 0 Å². The van der Waals surface area contributed by atoms with Gasteiger partial charge < -0.3 is 14.2 Å². The van der Waals surface area contributed by atoms with E-state index >= 15 is 0 Å². The van der Waals surface area contributed by atoms with E-state index < -0.39 is 0 Å². The number of hydrogen-bond donors (Lipinski definition) is 0. The monoisotopic (exact) mass is 395 g/mol. The highest BCUT2D eigenvalue weighted by atomic mass is 32.1. The van der Waals surface area contributed by atoms with E-state index in [1.165, 1.54) is 0 Å². The van der Waals surface area contributed by atoms with Crippen molar-refractivity contribution in [3.05, 3.63) is 58.4 Å². The summed E-state index contributed by atoms with van der Waals surface area (Å²) in [4.78, 5) is 4.70. The Morgan fingerprint density at radius 1 is 0.964 bits per heavy atom. The second-order valence-electron chi connectivity index (χ2n) is 6.25. The van der Waals surface area contributed by atoms with E-state index in [0.717, 1.165) is 47.0 Å². The third-order valence-electron chi connectivity index (χ3n) is 4.27. The summed E-state index contributed by atoms with van der Waals surface area (Å²) in [7, 11) is 3.27. The lowest BCUT2D eigenvalue weighted by molar-refractivity contribution is 0.309. The van der Waals surface area contributed by atoms with E-state index in [2.05, 4.69) is 25.1 Å². The molecule has 0 aliphatic heterocycles.